The van der Waals surface area contributed by atoms with Crippen LogP contribution < -0.4 is 20.3 Å². The van der Waals surface area contributed by atoms with Gasteiger partial charge in [0.25, 0.3) is 5.91 Å². The predicted octanol–water partition coefficient (Wildman–Crippen LogP) is 4.93. The average molecular weight is 475 g/mol. The molecule has 0 radical (unpaired) electrons. The minimum absolute atomic E-state index is 0.155. The lowest BCUT2D eigenvalue weighted by atomic mass is 10.1. The van der Waals surface area contributed by atoms with Crippen LogP contribution in [0.1, 0.15) is 11.6 Å². The highest BCUT2D eigenvalue weighted by Crippen LogP contribution is 2.32. The molecule has 1 aromatic heterocycles. The molecule has 2 heterocycles. The monoisotopic (exact) mass is 474 g/mol. The third-order valence-corrected chi connectivity index (χ3v) is 6.78. The number of benzene rings is 3. The molecule has 1 fully saturated rings. The molecule has 8 heteroatoms. The maximum absolute atomic E-state index is 13.3. The number of aromatic nitrogens is 1. The Hall–Kier alpha value is -3.62. The van der Waals surface area contributed by atoms with E-state index in [0.29, 0.717) is 11.4 Å². The molecular weight excluding hydrogens is 448 g/mol. The molecular formula is C26H26N4O3S. The Balaban J connectivity index is 1.39. The summed E-state index contributed by atoms with van der Waals surface area (Å²) in [6.07, 6.45) is 0. The number of carbonyl (C=O) groups is 1. The number of anilines is 3. The van der Waals surface area contributed by atoms with Crippen molar-refractivity contribution in [3.05, 3.63) is 78.4 Å². The van der Waals surface area contributed by atoms with Gasteiger partial charge in [-0.1, -0.05) is 47.7 Å². The Kier molecular flexibility index (Phi) is 6.60. The average Bonchev–Trinajstić information content (AvgIpc) is 3.32. The van der Waals surface area contributed by atoms with E-state index in [1.165, 1.54) is 0 Å². The zero-order valence-corrected chi connectivity index (χ0v) is 19.7. The highest BCUT2D eigenvalue weighted by atomic mass is 32.1. The molecule has 1 atom stereocenters. The first-order valence-electron chi connectivity index (χ1n) is 11.2. The Morgan fingerprint density at radius 1 is 1.03 bits per heavy atom. The van der Waals surface area contributed by atoms with Crippen LogP contribution in [-0.4, -0.2) is 44.3 Å². The molecule has 1 unspecified atom stereocenters. The molecule has 1 aliphatic rings. The lowest BCUT2D eigenvalue weighted by molar-refractivity contribution is -0.117. The maximum Gasteiger partial charge on any atom is 0.251 e. The second-order valence-electron chi connectivity index (χ2n) is 7.99. The summed E-state index contributed by atoms with van der Waals surface area (Å²) < 4.78 is 11.8. The van der Waals surface area contributed by atoms with Gasteiger partial charge in [-0.05, 0) is 35.9 Å². The normalized spacial score (nSPS) is 14.6. The van der Waals surface area contributed by atoms with Gasteiger partial charge in [-0.25, -0.2) is 4.98 Å². The standard InChI is InChI=1S/C26H26N4O3S/c1-32-21-9-5-8-19(16-21)28-25(31)24(18-6-3-2-4-7-18)27-20-10-11-22-23(17-20)34-26(29-22)30-12-14-33-15-13-30/h2-11,16-17,24,27H,12-15H2,1H3,(H,28,31). The Labute approximate surface area is 202 Å². The summed E-state index contributed by atoms with van der Waals surface area (Å²) in [6, 6.07) is 22.5. The zero-order valence-electron chi connectivity index (χ0n) is 18.9. The van der Waals surface area contributed by atoms with Gasteiger partial charge < -0.3 is 25.0 Å². The largest absolute Gasteiger partial charge is 0.497 e. The fourth-order valence-corrected chi connectivity index (χ4v) is 4.98. The van der Waals surface area contributed by atoms with E-state index in [4.69, 9.17) is 14.5 Å². The van der Waals surface area contributed by atoms with E-state index in [2.05, 4.69) is 21.6 Å². The number of nitrogens with zero attached hydrogens (tertiary/aromatic N) is 2. The van der Waals surface area contributed by atoms with Crippen LogP contribution in [0, 0.1) is 0 Å². The SMILES string of the molecule is COc1cccc(NC(=O)C(Nc2ccc3nc(N4CCOCC4)sc3c2)c2ccccc2)c1. The van der Waals surface area contributed by atoms with E-state index in [1.807, 2.05) is 60.7 Å². The van der Waals surface area contributed by atoms with E-state index in [9.17, 15) is 4.79 Å². The van der Waals surface area contributed by atoms with Gasteiger partial charge >= 0.3 is 0 Å². The van der Waals surface area contributed by atoms with Crippen LogP contribution in [0.2, 0.25) is 0 Å². The van der Waals surface area contributed by atoms with E-state index >= 15 is 0 Å². The van der Waals surface area contributed by atoms with Crippen molar-refractivity contribution < 1.29 is 14.3 Å². The van der Waals surface area contributed by atoms with Gasteiger partial charge in [0.1, 0.15) is 11.8 Å². The zero-order chi connectivity index (χ0) is 23.3. The van der Waals surface area contributed by atoms with Gasteiger partial charge in [-0.2, -0.15) is 0 Å². The van der Waals surface area contributed by atoms with Crippen molar-refractivity contribution in [1.82, 2.24) is 4.98 Å². The molecule has 7 nitrogen and oxygen atoms in total. The van der Waals surface area contributed by atoms with Gasteiger partial charge in [0, 0.05) is 30.5 Å². The summed E-state index contributed by atoms with van der Waals surface area (Å²) in [4.78, 5) is 20.4. The summed E-state index contributed by atoms with van der Waals surface area (Å²) >= 11 is 1.66. The van der Waals surface area contributed by atoms with Crippen molar-refractivity contribution in [3.63, 3.8) is 0 Å². The minimum atomic E-state index is -0.573. The molecule has 4 aromatic rings. The van der Waals surface area contributed by atoms with Crippen molar-refractivity contribution in [2.75, 3.05) is 48.9 Å². The van der Waals surface area contributed by atoms with Crippen LogP contribution in [-0.2, 0) is 9.53 Å². The third kappa shape index (κ3) is 4.98. The van der Waals surface area contributed by atoms with Crippen molar-refractivity contribution in [2.45, 2.75) is 6.04 Å². The molecule has 2 N–H and O–H groups in total. The molecule has 5 rings (SSSR count). The minimum Gasteiger partial charge on any atom is -0.497 e. The molecule has 174 valence electrons. The number of methoxy groups -OCH3 is 1. The number of hydrogen-bond acceptors (Lipinski definition) is 7. The molecule has 34 heavy (non-hydrogen) atoms. The van der Waals surface area contributed by atoms with E-state index < -0.39 is 6.04 Å². The lowest BCUT2D eigenvalue weighted by Gasteiger charge is -2.25. The number of ether oxygens (including phenoxy) is 2. The fraction of sp³-hybridized carbons (Fsp3) is 0.231. The molecule has 0 bridgehead atoms. The number of rotatable bonds is 7. The van der Waals surface area contributed by atoms with Crippen LogP contribution >= 0.6 is 11.3 Å². The van der Waals surface area contributed by atoms with Crippen LogP contribution in [0.3, 0.4) is 0 Å². The van der Waals surface area contributed by atoms with Gasteiger partial charge in [0.15, 0.2) is 5.13 Å². The Bertz CT molecular complexity index is 1270. The molecule has 0 saturated carbocycles. The lowest BCUT2D eigenvalue weighted by Crippen LogP contribution is -2.36. The first-order chi connectivity index (χ1) is 16.7. The van der Waals surface area contributed by atoms with Gasteiger partial charge in [0.2, 0.25) is 0 Å². The quantitative estimate of drug-likeness (QED) is 0.395. The summed E-state index contributed by atoms with van der Waals surface area (Å²) in [5, 5.41) is 7.44. The second-order valence-corrected chi connectivity index (χ2v) is 9.00. The molecule has 1 saturated heterocycles. The van der Waals surface area contributed by atoms with Gasteiger partial charge in [-0.3, -0.25) is 4.79 Å². The summed E-state index contributed by atoms with van der Waals surface area (Å²) in [7, 11) is 1.61. The van der Waals surface area contributed by atoms with Crippen LogP contribution in [0.5, 0.6) is 5.75 Å². The van der Waals surface area contributed by atoms with Crippen molar-refractivity contribution in [1.29, 1.82) is 0 Å². The molecule has 0 spiro atoms. The van der Waals surface area contributed by atoms with Gasteiger partial charge in [0.05, 0.1) is 30.5 Å². The van der Waals surface area contributed by atoms with Crippen LogP contribution in [0.4, 0.5) is 16.5 Å². The first kappa shape index (κ1) is 22.2. The van der Waals surface area contributed by atoms with E-state index in [-0.39, 0.29) is 5.91 Å². The smallest absolute Gasteiger partial charge is 0.251 e. The topological polar surface area (TPSA) is 75.7 Å². The summed E-state index contributed by atoms with van der Waals surface area (Å²) in [5.74, 6) is 0.534. The highest BCUT2D eigenvalue weighted by Gasteiger charge is 2.22. The van der Waals surface area contributed by atoms with Crippen molar-refractivity contribution in [3.8, 4) is 5.75 Å². The fourth-order valence-electron chi connectivity index (χ4n) is 3.92. The number of fused-ring (bicyclic) bond motifs is 1. The van der Waals surface area contributed by atoms with E-state index in [1.54, 1.807) is 24.5 Å². The number of nitrogens with one attached hydrogen (secondary N) is 2. The molecule has 3 aromatic carbocycles. The summed E-state index contributed by atoms with van der Waals surface area (Å²) in [5.41, 5.74) is 3.37. The van der Waals surface area contributed by atoms with Crippen molar-refractivity contribution in [2.24, 2.45) is 0 Å². The molecule has 1 aliphatic heterocycles. The Morgan fingerprint density at radius 3 is 2.65 bits per heavy atom. The number of carbonyl (C=O) groups excluding carboxylic acids is 1. The van der Waals surface area contributed by atoms with Gasteiger partial charge in [-0.15, -0.1) is 0 Å². The van der Waals surface area contributed by atoms with Crippen molar-refractivity contribution >= 4 is 44.0 Å². The van der Waals surface area contributed by atoms with Crippen LogP contribution in [0.15, 0.2) is 72.8 Å². The Morgan fingerprint density at radius 2 is 1.85 bits per heavy atom. The third-order valence-electron chi connectivity index (χ3n) is 5.70. The highest BCUT2D eigenvalue weighted by molar-refractivity contribution is 7.22. The second kappa shape index (κ2) is 10.1. The number of hydrogen-bond donors (Lipinski definition) is 2. The first-order valence-corrected chi connectivity index (χ1v) is 12.0. The predicted molar refractivity (Wildman–Crippen MR) is 137 cm³/mol. The maximum atomic E-state index is 13.3. The number of morpholine rings is 1. The number of thiazole rings is 1. The molecule has 0 aliphatic carbocycles. The van der Waals surface area contributed by atoms with E-state index in [0.717, 1.165) is 52.9 Å². The van der Waals surface area contributed by atoms with Crippen LogP contribution in [0.25, 0.3) is 10.2 Å². The number of amides is 1. The summed E-state index contributed by atoms with van der Waals surface area (Å²) in [6.45, 7) is 3.16. The molecule has 1 amide bonds.